The van der Waals surface area contributed by atoms with Gasteiger partial charge < -0.3 is 10.6 Å². The lowest BCUT2D eigenvalue weighted by molar-refractivity contribution is 0.309. The van der Waals surface area contributed by atoms with Crippen LogP contribution in [0.5, 0.6) is 0 Å². The molecule has 6 heteroatoms. The number of piperidine rings is 1. The fourth-order valence-electron chi connectivity index (χ4n) is 7.63. The number of fused-ring (bicyclic) bond motifs is 1. The second kappa shape index (κ2) is 15.2. The Morgan fingerprint density at radius 1 is 0.880 bits per heavy atom. The summed E-state index contributed by atoms with van der Waals surface area (Å²) in [4.78, 5) is 4.31. The van der Waals surface area contributed by atoms with Gasteiger partial charge in [0.05, 0.1) is 11.4 Å². The van der Waals surface area contributed by atoms with Crippen molar-refractivity contribution in [2.24, 2.45) is 11.0 Å². The third-order valence-electron chi connectivity index (χ3n) is 10.1. The van der Waals surface area contributed by atoms with Crippen LogP contribution >= 0.6 is 0 Å². The molecule has 0 saturated carbocycles. The fourth-order valence-corrected chi connectivity index (χ4v) is 7.63. The molecular weight excluding hydrogens is 618 g/mol. The van der Waals surface area contributed by atoms with Gasteiger partial charge in [-0.2, -0.15) is 5.10 Å². The summed E-state index contributed by atoms with van der Waals surface area (Å²) < 4.78 is 14.2. The zero-order valence-electron chi connectivity index (χ0n) is 28.8. The van der Waals surface area contributed by atoms with Crippen molar-refractivity contribution in [2.45, 2.75) is 44.8 Å². The van der Waals surface area contributed by atoms with Gasteiger partial charge in [0.15, 0.2) is 0 Å². The van der Waals surface area contributed by atoms with Gasteiger partial charge >= 0.3 is 0 Å². The van der Waals surface area contributed by atoms with Crippen molar-refractivity contribution in [1.29, 1.82) is 0 Å². The third kappa shape index (κ3) is 6.69. The quantitative estimate of drug-likeness (QED) is 0.116. The minimum absolute atomic E-state index is 0.178. The average Bonchev–Trinajstić information content (AvgIpc) is 3.18. The number of hydrogen-bond donors (Lipinski definition) is 2. The third-order valence-corrected chi connectivity index (χ3v) is 10.1. The van der Waals surface area contributed by atoms with E-state index in [9.17, 15) is 4.39 Å². The van der Waals surface area contributed by atoms with E-state index in [1.807, 2.05) is 24.5 Å². The summed E-state index contributed by atoms with van der Waals surface area (Å²) in [5, 5.41) is 15.2. The summed E-state index contributed by atoms with van der Waals surface area (Å²) in [5.74, 6) is 0.0898. The van der Waals surface area contributed by atoms with Gasteiger partial charge in [-0.25, -0.2) is 9.40 Å². The predicted octanol–water partition coefficient (Wildman–Crippen LogP) is 8.73. The van der Waals surface area contributed by atoms with E-state index in [1.165, 1.54) is 17.2 Å². The minimum atomic E-state index is -0.760. The Morgan fingerprint density at radius 2 is 1.50 bits per heavy atom. The van der Waals surface area contributed by atoms with Gasteiger partial charge in [0, 0.05) is 43.5 Å². The van der Waals surface area contributed by atoms with Crippen molar-refractivity contribution in [3.05, 3.63) is 191 Å². The van der Waals surface area contributed by atoms with Crippen molar-refractivity contribution < 1.29 is 4.39 Å². The van der Waals surface area contributed by atoms with E-state index in [0.717, 1.165) is 58.7 Å². The van der Waals surface area contributed by atoms with Gasteiger partial charge in [-0.05, 0) is 84.8 Å². The molecule has 4 aromatic carbocycles. The topological polar surface area (TPSA) is 52.6 Å². The van der Waals surface area contributed by atoms with Crippen molar-refractivity contribution in [1.82, 2.24) is 15.6 Å². The largest absolute Gasteiger partial charge is 0.315 e. The Kier molecular flexibility index (Phi) is 10.1. The van der Waals surface area contributed by atoms with Crippen LogP contribution in [0.25, 0.3) is 0 Å². The molecule has 2 N–H and O–H groups in total. The van der Waals surface area contributed by atoms with Gasteiger partial charge in [-0.15, -0.1) is 0 Å². The van der Waals surface area contributed by atoms with Crippen LogP contribution in [0, 0.1) is 5.92 Å². The molecule has 5 aromatic rings. The predicted molar refractivity (Wildman–Crippen MR) is 203 cm³/mol. The lowest BCUT2D eigenvalue weighted by Gasteiger charge is -2.46. The van der Waals surface area contributed by atoms with Gasteiger partial charge in [-0.1, -0.05) is 115 Å². The average molecular weight is 662 g/mol. The maximum Gasteiger partial charge on any atom is 0.138 e. The van der Waals surface area contributed by atoms with Crippen LogP contribution in [-0.4, -0.2) is 29.8 Å². The highest BCUT2D eigenvalue weighted by atomic mass is 19.1. The monoisotopic (exact) mass is 661 g/mol. The first-order chi connectivity index (χ1) is 24.6. The maximum absolute atomic E-state index is 14.2. The smallest absolute Gasteiger partial charge is 0.138 e. The molecule has 1 saturated heterocycles. The molecule has 0 bridgehead atoms. The standard InChI is InChI=1S/C44H44FN5/c1-3-39(45)27-32(2)40-23-26-47-31-42(40)48-30-33-19-20-43-35(28-33)29-41(34-21-24-46-25-22-34)49-50(43)44(36-13-7-4-8-14-36,37-15-9-5-10-16-37)38-17-11-6-12-18-38/h3-22,24-25,27-28,40,42,47-48H,23,26,29-31H2,1-2H3/b32-27+,39-3+. The number of nitrogens with one attached hydrogen (secondary N) is 2. The number of allylic oxidation sites excluding steroid dienone is 3. The Hall–Kier alpha value is -5.17. The number of hydrazone groups is 1. The first-order valence-corrected chi connectivity index (χ1v) is 17.6. The summed E-state index contributed by atoms with van der Waals surface area (Å²) in [6.07, 6.45) is 8.55. The molecule has 2 atom stereocenters. The van der Waals surface area contributed by atoms with Gasteiger partial charge in [0.2, 0.25) is 0 Å². The Bertz CT molecular complexity index is 1880. The van der Waals surface area contributed by atoms with Crippen LogP contribution in [0.4, 0.5) is 10.1 Å². The van der Waals surface area contributed by atoms with Gasteiger partial charge in [0.25, 0.3) is 0 Å². The number of nitrogens with zero attached hydrogens (tertiary/aromatic N) is 3. The molecule has 0 spiro atoms. The number of rotatable bonds is 10. The molecule has 0 aliphatic carbocycles. The Balaban J connectivity index is 1.34. The van der Waals surface area contributed by atoms with Crippen LogP contribution in [0.3, 0.4) is 0 Å². The molecule has 252 valence electrons. The summed E-state index contributed by atoms with van der Waals surface area (Å²) in [7, 11) is 0. The Labute approximate surface area is 295 Å². The molecule has 50 heavy (non-hydrogen) atoms. The van der Waals surface area contributed by atoms with Crippen LogP contribution in [0.2, 0.25) is 0 Å². The first-order valence-electron chi connectivity index (χ1n) is 17.6. The summed E-state index contributed by atoms with van der Waals surface area (Å²) >= 11 is 0. The van der Waals surface area contributed by atoms with Crippen molar-refractivity contribution in [2.75, 3.05) is 18.1 Å². The van der Waals surface area contributed by atoms with E-state index >= 15 is 0 Å². The molecule has 2 unspecified atom stereocenters. The fraction of sp³-hybridized carbons (Fsp3) is 0.227. The molecule has 1 fully saturated rings. The highest BCUT2D eigenvalue weighted by Crippen LogP contribution is 2.47. The van der Waals surface area contributed by atoms with Crippen molar-refractivity contribution in [3.63, 3.8) is 0 Å². The number of benzene rings is 4. The number of anilines is 1. The lowest BCUT2D eigenvalue weighted by Crippen LogP contribution is -2.49. The highest BCUT2D eigenvalue weighted by Gasteiger charge is 2.45. The van der Waals surface area contributed by atoms with Crippen LogP contribution in [0.1, 0.15) is 53.6 Å². The van der Waals surface area contributed by atoms with E-state index in [-0.39, 0.29) is 17.8 Å². The van der Waals surface area contributed by atoms with Crippen LogP contribution in [-0.2, 0) is 18.5 Å². The molecule has 7 rings (SSSR count). The summed E-state index contributed by atoms with van der Waals surface area (Å²) in [5.41, 5.74) is 9.22. The lowest BCUT2D eigenvalue weighted by atomic mass is 9.75. The first kappa shape index (κ1) is 33.3. The van der Waals surface area contributed by atoms with Crippen molar-refractivity contribution in [3.8, 4) is 0 Å². The van der Waals surface area contributed by atoms with E-state index < -0.39 is 5.54 Å². The molecule has 0 radical (unpaired) electrons. The second-order valence-corrected chi connectivity index (χ2v) is 13.2. The second-order valence-electron chi connectivity index (χ2n) is 13.2. The molecular formula is C44H44FN5. The SMILES string of the molecule is C/C=C(F)\C=C(/C)C1CCNCC1NCc1ccc2c(c1)CC(c1ccncc1)=NN2C(c1ccccc1)(c1ccccc1)c1ccccc1. The summed E-state index contributed by atoms with van der Waals surface area (Å²) in [6, 6.07) is 43.2. The Morgan fingerprint density at radius 3 is 2.10 bits per heavy atom. The van der Waals surface area contributed by atoms with Gasteiger partial charge in [-0.3, -0.25) is 4.98 Å². The zero-order valence-corrected chi connectivity index (χ0v) is 28.8. The van der Waals surface area contributed by atoms with Crippen LogP contribution < -0.4 is 15.6 Å². The number of pyridine rings is 1. The summed E-state index contributed by atoms with van der Waals surface area (Å²) in [6.45, 7) is 6.28. The molecule has 5 nitrogen and oxygen atoms in total. The van der Waals surface area contributed by atoms with Gasteiger partial charge in [0.1, 0.15) is 11.4 Å². The molecule has 2 aliphatic rings. The van der Waals surface area contributed by atoms with E-state index in [2.05, 4.69) is 137 Å². The molecule has 2 aliphatic heterocycles. The van der Waals surface area contributed by atoms with E-state index in [4.69, 9.17) is 5.10 Å². The molecule has 1 aromatic heterocycles. The highest BCUT2D eigenvalue weighted by molar-refractivity contribution is 6.04. The number of aromatic nitrogens is 1. The maximum atomic E-state index is 14.2. The zero-order chi connectivity index (χ0) is 34.3. The van der Waals surface area contributed by atoms with E-state index in [0.29, 0.717) is 13.0 Å². The normalized spacial score (nSPS) is 18.4. The number of hydrogen-bond acceptors (Lipinski definition) is 5. The number of halogens is 1. The molecule has 3 heterocycles. The van der Waals surface area contributed by atoms with Crippen LogP contribution in [0.15, 0.2) is 162 Å². The van der Waals surface area contributed by atoms with E-state index in [1.54, 1.807) is 13.0 Å². The minimum Gasteiger partial charge on any atom is -0.315 e. The van der Waals surface area contributed by atoms with Crippen molar-refractivity contribution >= 4 is 11.4 Å². The molecule has 0 amide bonds.